The molecule has 1 N–H and O–H groups in total. The van der Waals surface area contributed by atoms with Crippen LogP contribution < -0.4 is 0 Å². The molecule has 0 bridgehead atoms. The molecule has 1 heterocycles. The summed E-state index contributed by atoms with van der Waals surface area (Å²) in [5, 5.41) is 9.94. The Morgan fingerprint density at radius 1 is 1.07 bits per heavy atom. The Balaban J connectivity index is 1.48. The standard InChI is InChI=1S/C22H23NO5/c1-27-21(25)11-14-10-15(24)12-23(14)22(26)28-13-20-18-8-4-2-6-16(18)17-7-3-5-9-19(17)20/h2-9,14-15,20,24H,10-13H2,1H3/t14-,15+/m0/s1. The summed E-state index contributed by atoms with van der Waals surface area (Å²) in [5.74, 6) is -0.432. The molecule has 2 aromatic rings. The molecule has 0 spiro atoms. The molecule has 2 aromatic carbocycles. The van der Waals surface area contributed by atoms with Crippen molar-refractivity contribution in [3.8, 4) is 11.1 Å². The number of aliphatic hydroxyl groups is 1. The molecule has 2 atom stereocenters. The highest BCUT2D eigenvalue weighted by Gasteiger charge is 2.37. The zero-order chi connectivity index (χ0) is 19.7. The second-order valence-electron chi connectivity index (χ2n) is 7.28. The summed E-state index contributed by atoms with van der Waals surface area (Å²) < 4.78 is 10.3. The first-order valence-corrected chi connectivity index (χ1v) is 9.45. The summed E-state index contributed by atoms with van der Waals surface area (Å²) in [4.78, 5) is 25.7. The van der Waals surface area contributed by atoms with Crippen molar-refractivity contribution in [3.63, 3.8) is 0 Å². The minimum atomic E-state index is -0.657. The topological polar surface area (TPSA) is 76.1 Å². The van der Waals surface area contributed by atoms with Gasteiger partial charge >= 0.3 is 12.1 Å². The average Bonchev–Trinajstić information content (AvgIpc) is 3.24. The number of amides is 1. The van der Waals surface area contributed by atoms with Crippen LogP contribution in [0.25, 0.3) is 11.1 Å². The molecule has 4 rings (SSSR count). The van der Waals surface area contributed by atoms with Crippen molar-refractivity contribution < 1.29 is 24.2 Å². The largest absolute Gasteiger partial charge is 0.469 e. The highest BCUT2D eigenvalue weighted by Crippen LogP contribution is 2.44. The van der Waals surface area contributed by atoms with Crippen LogP contribution in [-0.4, -0.2) is 54.5 Å². The second kappa shape index (κ2) is 7.64. The molecule has 28 heavy (non-hydrogen) atoms. The number of esters is 1. The van der Waals surface area contributed by atoms with Gasteiger partial charge in [0.2, 0.25) is 0 Å². The Morgan fingerprint density at radius 2 is 1.68 bits per heavy atom. The Labute approximate surface area is 163 Å². The van der Waals surface area contributed by atoms with Crippen molar-refractivity contribution in [2.24, 2.45) is 0 Å². The van der Waals surface area contributed by atoms with Gasteiger partial charge in [-0.1, -0.05) is 48.5 Å². The third kappa shape index (κ3) is 3.36. The molecule has 1 aliphatic heterocycles. The molecular weight excluding hydrogens is 358 g/mol. The van der Waals surface area contributed by atoms with Crippen LogP contribution in [0.15, 0.2) is 48.5 Å². The van der Waals surface area contributed by atoms with E-state index in [0.717, 1.165) is 11.1 Å². The van der Waals surface area contributed by atoms with Crippen LogP contribution in [0.1, 0.15) is 29.9 Å². The lowest BCUT2D eigenvalue weighted by Gasteiger charge is -2.24. The number of ether oxygens (including phenoxy) is 2. The molecule has 6 heteroatoms. The fourth-order valence-corrected chi connectivity index (χ4v) is 4.26. The third-order valence-corrected chi connectivity index (χ3v) is 5.59. The first kappa shape index (κ1) is 18.5. The van der Waals surface area contributed by atoms with Crippen LogP contribution >= 0.6 is 0 Å². The number of aliphatic hydroxyl groups excluding tert-OH is 1. The molecule has 6 nitrogen and oxygen atoms in total. The molecule has 1 aliphatic carbocycles. The van der Waals surface area contributed by atoms with Crippen LogP contribution in [0, 0.1) is 0 Å². The van der Waals surface area contributed by atoms with E-state index >= 15 is 0 Å². The van der Waals surface area contributed by atoms with Gasteiger partial charge in [-0.25, -0.2) is 4.79 Å². The summed E-state index contributed by atoms with van der Waals surface area (Å²) in [6, 6.07) is 15.9. The van der Waals surface area contributed by atoms with Gasteiger partial charge in [-0.05, 0) is 28.7 Å². The third-order valence-electron chi connectivity index (χ3n) is 5.59. The van der Waals surface area contributed by atoms with E-state index in [1.54, 1.807) is 0 Å². The number of likely N-dealkylation sites (tertiary alicyclic amines) is 1. The molecule has 0 radical (unpaired) electrons. The zero-order valence-corrected chi connectivity index (χ0v) is 15.7. The van der Waals surface area contributed by atoms with Crippen LogP contribution in [0.4, 0.5) is 4.79 Å². The van der Waals surface area contributed by atoms with Gasteiger partial charge in [0.15, 0.2) is 0 Å². The smallest absolute Gasteiger partial charge is 0.410 e. The van der Waals surface area contributed by atoms with Crippen molar-refractivity contribution in [1.29, 1.82) is 0 Å². The number of benzene rings is 2. The summed E-state index contributed by atoms with van der Waals surface area (Å²) in [7, 11) is 1.31. The molecule has 0 saturated carbocycles. The quantitative estimate of drug-likeness (QED) is 0.824. The molecule has 1 amide bonds. The molecule has 1 fully saturated rings. The van der Waals surface area contributed by atoms with Gasteiger partial charge in [0, 0.05) is 12.0 Å². The lowest BCUT2D eigenvalue weighted by molar-refractivity contribution is -0.141. The van der Waals surface area contributed by atoms with Crippen LogP contribution in [0.3, 0.4) is 0 Å². The van der Waals surface area contributed by atoms with Gasteiger partial charge < -0.3 is 19.5 Å². The van der Waals surface area contributed by atoms with Crippen molar-refractivity contribution in [1.82, 2.24) is 4.90 Å². The van der Waals surface area contributed by atoms with Crippen molar-refractivity contribution in [2.45, 2.75) is 30.9 Å². The van der Waals surface area contributed by atoms with E-state index in [9.17, 15) is 14.7 Å². The normalized spacial score (nSPS) is 20.6. The highest BCUT2D eigenvalue weighted by atomic mass is 16.6. The lowest BCUT2D eigenvalue weighted by atomic mass is 9.98. The number of fused-ring (bicyclic) bond motifs is 3. The van der Waals surface area contributed by atoms with E-state index < -0.39 is 24.2 Å². The lowest BCUT2D eigenvalue weighted by Crippen LogP contribution is -2.38. The number of nitrogens with zero attached hydrogens (tertiary/aromatic N) is 1. The fraction of sp³-hybridized carbons (Fsp3) is 0.364. The van der Waals surface area contributed by atoms with Crippen LogP contribution in [0.2, 0.25) is 0 Å². The van der Waals surface area contributed by atoms with Crippen LogP contribution in [-0.2, 0) is 14.3 Å². The van der Waals surface area contributed by atoms with E-state index in [1.165, 1.54) is 23.1 Å². The summed E-state index contributed by atoms with van der Waals surface area (Å²) >= 11 is 0. The van der Waals surface area contributed by atoms with E-state index in [1.807, 2.05) is 24.3 Å². The molecule has 0 unspecified atom stereocenters. The SMILES string of the molecule is COC(=O)C[C@@H]1C[C@@H](O)CN1C(=O)OCC1c2ccccc2-c2ccccc21. The number of hydrogen-bond acceptors (Lipinski definition) is 5. The fourth-order valence-electron chi connectivity index (χ4n) is 4.26. The maximum atomic E-state index is 12.7. The first-order valence-electron chi connectivity index (χ1n) is 9.45. The minimum absolute atomic E-state index is 0.0251. The van der Waals surface area contributed by atoms with Crippen LogP contribution in [0.5, 0.6) is 0 Å². The number of carbonyl (C=O) groups is 2. The maximum absolute atomic E-state index is 12.7. The van der Waals surface area contributed by atoms with E-state index in [-0.39, 0.29) is 25.5 Å². The predicted molar refractivity (Wildman–Crippen MR) is 103 cm³/mol. The Hall–Kier alpha value is -2.86. The second-order valence-corrected chi connectivity index (χ2v) is 7.28. The number of β-amino-alcohol motifs (C(OH)–C–C–N with tert-alkyl or cyclic N) is 1. The number of hydrogen-bond donors (Lipinski definition) is 1. The summed E-state index contributed by atoms with van der Waals surface area (Å²) in [6.45, 7) is 0.378. The van der Waals surface area contributed by atoms with Gasteiger partial charge in [-0.3, -0.25) is 4.79 Å². The number of rotatable bonds is 4. The van der Waals surface area contributed by atoms with Crippen molar-refractivity contribution in [3.05, 3.63) is 59.7 Å². The number of methoxy groups -OCH3 is 1. The van der Waals surface area contributed by atoms with Gasteiger partial charge in [-0.15, -0.1) is 0 Å². The van der Waals surface area contributed by atoms with Gasteiger partial charge in [0.1, 0.15) is 6.61 Å². The van der Waals surface area contributed by atoms with Gasteiger partial charge in [0.05, 0.1) is 26.2 Å². The number of carbonyl (C=O) groups excluding carboxylic acids is 2. The first-order chi connectivity index (χ1) is 13.6. The Bertz CT molecular complexity index is 851. The zero-order valence-electron chi connectivity index (χ0n) is 15.7. The molecule has 146 valence electrons. The summed E-state index contributed by atoms with van der Waals surface area (Å²) in [5.41, 5.74) is 4.62. The molecule has 1 saturated heterocycles. The highest BCUT2D eigenvalue weighted by molar-refractivity contribution is 5.79. The minimum Gasteiger partial charge on any atom is -0.469 e. The van der Waals surface area contributed by atoms with Crippen molar-refractivity contribution >= 4 is 12.1 Å². The maximum Gasteiger partial charge on any atom is 0.410 e. The Morgan fingerprint density at radius 3 is 2.29 bits per heavy atom. The van der Waals surface area contributed by atoms with E-state index in [4.69, 9.17) is 9.47 Å². The average molecular weight is 381 g/mol. The Kier molecular flexibility index (Phi) is 5.05. The molecular formula is C22H23NO5. The monoisotopic (exact) mass is 381 g/mol. The van der Waals surface area contributed by atoms with Gasteiger partial charge in [-0.2, -0.15) is 0 Å². The molecule has 0 aromatic heterocycles. The van der Waals surface area contributed by atoms with E-state index in [2.05, 4.69) is 24.3 Å². The van der Waals surface area contributed by atoms with Crippen molar-refractivity contribution in [2.75, 3.05) is 20.3 Å². The summed E-state index contributed by atoms with van der Waals surface area (Å²) in [6.07, 6.45) is -0.765. The predicted octanol–water partition coefficient (Wildman–Crippen LogP) is 2.93. The van der Waals surface area contributed by atoms with E-state index in [0.29, 0.717) is 6.42 Å². The molecule has 2 aliphatic rings. The van der Waals surface area contributed by atoms with Gasteiger partial charge in [0.25, 0.3) is 0 Å².